The number of nitrogens with zero attached hydrogens (tertiary/aromatic N) is 1. The number of benzene rings is 1. The Hall–Kier alpha value is -1.30. The molecule has 1 unspecified atom stereocenters. The van der Waals surface area contributed by atoms with Gasteiger partial charge in [0.1, 0.15) is 11.7 Å². The molecule has 2 aliphatic heterocycles. The molecule has 8 rings (SSSR count). The fourth-order valence-corrected chi connectivity index (χ4v) is 9.31. The smallest absolute Gasteiger partial charge is 0.165 e. The van der Waals surface area contributed by atoms with Gasteiger partial charge in [-0.2, -0.15) is 0 Å². The first-order valence-corrected chi connectivity index (χ1v) is 13.5. The first-order chi connectivity index (χ1) is 18.5. The molecule has 1 aromatic rings. The van der Waals surface area contributed by atoms with Gasteiger partial charge in [-0.05, 0) is 81.4 Å². The Morgan fingerprint density at radius 3 is 2.71 bits per heavy atom. The molecule has 5 aliphatic carbocycles. The summed E-state index contributed by atoms with van der Waals surface area (Å²) in [6.45, 7) is 7.34. The maximum atomic E-state index is 12.3. The highest BCUT2D eigenvalue weighted by molar-refractivity contribution is 5.63. The second-order valence-corrected chi connectivity index (χ2v) is 13.5. The molecule has 7 atom stereocenters. The van der Waals surface area contributed by atoms with Gasteiger partial charge < -0.3 is 19.3 Å². The molecule has 7 aliphatic rings. The van der Waals surface area contributed by atoms with Gasteiger partial charge in [-0.1, -0.05) is 26.8 Å². The molecule has 1 aromatic carbocycles. The minimum absolute atomic E-state index is 0.0517. The van der Waals surface area contributed by atoms with E-state index in [1.807, 2.05) is 13.0 Å². The predicted octanol–water partition coefficient (Wildman–Crippen LogP) is 4.72. The number of hydrogen-bond acceptors (Lipinski definition) is 5. The number of methoxy groups -OCH3 is 2. The van der Waals surface area contributed by atoms with Crippen molar-refractivity contribution in [2.24, 2.45) is 22.7 Å². The number of ether oxygens (including phenoxy) is 3. The number of hydrogen-bond donors (Lipinski definition) is 1. The van der Waals surface area contributed by atoms with Gasteiger partial charge in [-0.15, -0.1) is 0 Å². The van der Waals surface area contributed by atoms with Crippen molar-refractivity contribution in [3.05, 3.63) is 23.3 Å². The fourth-order valence-electron chi connectivity index (χ4n) is 9.31. The standard InChI is InChI=1S/C30H43NO4/c1-26(2,3)27(4,32)21-16-28-11-12-30(21,34-6)25-29(28)13-14-31(17-18-7-8-18)22(28)15-19-9-10-20(33-5)24(35-25)23(19)29/h9-10,18,21-22,25,32H,7-8,11-17H2,1-6H3/t21-,22-,25?,27+,28-,29+,30-/m1/s1/i5D3,17D2. The Bertz CT molecular complexity index is 1260. The third-order valence-corrected chi connectivity index (χ3v) is 11.6. The topological polar surface area (TPSA) is 51.2 Å². The molecule has 5 fully saturated rings. The van der Waals surface area contributed by atoms with Crippen LogP contribution in [0.2, 0.25) is 0 Å². The number of fused-ring (bicyclic) bond motifs is 2. The molecule has 0 radical (unpaired) electrons. The van der Waals surface area contributed by atoms with Gasteiger partial charge in [0, 0.05) is 44.7 Å². The van der Waals surface area contributed by atoms with Crippen LogP contribution in [0.5, 0.6) is 11.5 Å². The molecule has 0 amide bonds. The van der Waals surface area contributed by atoms with E-state index in [2.05, 4.69) is 25.7 Å². The number of piperidine rings is 1. The minimum Gasteiger partial charge on any atom is -0.493 e. The Morgan fingerprint density at radius 1 is 1.23 bits per heavy atom. The van der Waals surface area contributed by atoms with Crippen molar-refractivity contribution in [3.8, 4) is 11.5 Å². The molecule has 5 nitrogen and oxygen atoms in total. The van der Waals surface area contributed by atoms with E-state index in [0.717, 1.165) is 30.4 Å². The predicted molar refractivity (Wildman–Crippen MR) is 135 cm³/mol. The van der Waals surface area contributed by atoms with Gasteiger partial charge in [0.05, 0.1) is 16.8 Å². The zero-order valence-corrected chi connectivity index (χ0v) is 21.7. The first kappa shape index (κ1) is 18.0. The van der Waals surface area contributed by atoms with Crippen LogP contribution in [0.4, 0.5) is 0 Å². The fraction of sp³-hybridized carbons (Fsp3) is 0.800. The van der Waals surface area contributed by atoms with Gasteiger partial charge >= 0.3 is 0 Å². The van der Waals surface area contributed by atoms with Crippen molar-refractivity contribution in [2.45, 2.75) is 101 Å². The van der Waals surface area contributed by atoms with Crippen molar-refractivity contribution in [2.75, 3.05) is 27.2 Å². The minimum atomic E-state index is -2.62. The first-order valence-electron chi connectivity index (χ1n) is 16.0. The molecule has 192 valence electrons. The van der Waals surface area contributed by atoms with Crippen molar-refractivity contribution < 1.29 is 26.2 Å². The van der Waals surface area contributed by atoms with E-state index in [9.17, 15) is 7.85 Å². The molecule has 1 N–H and O–H groups in total. The lowest BCUT2D eigenvalue weighted by molar-refractivity contribution is -0.312. The molecule has 4 saturated carbocycles. The number of likely N-dealkylation sites (tertiary alicyclic amines) is 1. The summed E-state index contributed by atoms with van der Waals surface area (Å²) in [5, 5.41) is 12.3. The average molecular weight is 487 g/mol. The lowest BCUT2D eigenvalue weighted by atomic mass is 9.33. The second-order valence-electron chi connectivity index (χ2n) is 13.5. The Labute approximate surface area is 217 Å². The van der Waals surface area contributed by atoms with Crippen LogP contribution in [-0.2, 0) is 16.6 Å². The van der Waals surface area contributed by atoms with Crippen LogP contribution in [-0.4, -0.2) is 60.5 Å². The van der Waals surface area contributed by atoms with Crippen LogP contribution in [0.1, 0.15) is 84.2 Å². The summed E-state index contributed by atoms with van der Waals surface area (Å²) >= 11 is 0. The van der Waals surface area contributed by atoms with Crippen molar-refractivity contribution >= 4 is 0 Å². The summed E-state index contributed by atoms with van der Waals surface area (Å²) < 4.78 is 61.1. The highest BCUT2D eigenvalue weighted by atomic mass is 16.6. The van der Waals surface area contributed by atoms with Crippen LogP contribution in [0.15, 0.2) is 12.1 Å². The summed E-state index contributed by atoms with van der Waals surface area (Å²) in [5.74, 6) is 0.546. The van der Waals surface area contributed by atoms with Crippen molar-refractivity contribution in [1.29, 1.82) is 0 Å². The summed E-state index contributed by atoms with van der Waals surface area (Å²) in [6, 6.07) is 3.64. The van der Waals surface area contributed by atoms with E-state index in [0.29, 0.717) is 38.0 Å². The molecule has 2 spiro atoms. The average Bonchev–Trinajstić information content (AvgIpc) is 3.64. The van der Waals surface area contributed by atoms with E-state index in [1.165, 1.54) is 0 Å². The Morgan fingerprint density at radius 2 is 2.03 bits per heavy atom. The Kier molecular flexibility index (Phi) is 3.49. The molecular formula is C30H43NO4. The third kappa shape index (κ3) is 2.47. The maximum absolute atomic E-state index is 12.3. The van der Waals surface area contributed by atoms with Crippen LogP contribution in [0.3, 0.4) is 0 Å². The van der Waals surface area contributed by atoms with Crippen LogP contribution in [0.25, 0.3) is 0 Å². The maximum Gasteiger partial charge on any atom is 0.165 e. The van der Waals surface area contributed by atoms with Crippen LogP contribution < -0.4 is 9.47 Å². The molecule has 1 saturated heterocycles. The van der Waals surface area contributed by atoms with Gasteiger partial charge in [-0.25, -0.2) is 0 Å². The van der Waals surface area contributed by atoms with Gasteiger partial charge in [0.25, 0.3) is 0 Å². The molecular weight excluding hydrogens is 438 g/mol. The Balaban J connectivity index is 1.48. The van der Waals surface area contributed by atoms with E-state index in [1.54, 1.807) is 13.2 Å². The lowest BCUT2D eigenvalue weighted by Crippen LogP contribution is -2.83. The molecule has 2 heterocycles. The van der Waals surface area contributed by atoms with Gasteiger partial charge in [0.2, 0.25) is 0 Å². The summed E-state index contributed by atoms with van der Waals surface area (Å²) in [5.41, 5.74) is -0.992. The van der Waals surface area contributed by atoms with Gasteiger partial charge in [-0.3, -0.25) is 4.90 Å². The quantitative estimate of drug-likeness (QED) is 0.653. The van der Waals surface area contributed by atoms with Crippen LogP contribution >= 0.6 is 0 Å². The number of aliphatic hydroxyl groups is 1. The normalized spacial score (nSPS) is 45.8. The SMILES string of the molecule is [2H]C([2H])([2H])Oc1ccc2c3c1OC1[C@@]4(OC)CC[C@@]5(C[C@@H]4[C@](C)(O)C(C)(C)C)[C@@H](C2)N(C([2H])([2H])C2CC2)CC[C@]315. The largest absolute Gasteiger partial charge is 0.493 e. The molecule has 4 bridgehead atoms. The van der Waals surface area contributed by atoms with Crippen LogP contribution in [0, 0.1) is 22.7 Å². The highest BCUT2D eigenvalue weighted by Crippen LogP contribution is 2.78. The molecule has 5 heteroatoms. The number of rotatable bonds is 5. The van der Waals surface area contributed by atoms with E-state index >= 15 is 0 Å². The van der Waals surface area contributed by atoms with E-state index in [4.69, 9.17) is 18.3 Å². The van der Waals surface area contributed by atoms with Gasteiger partial charge in [0.15, 0.2) is 11.5 Å². The zero-order chi connectivity index (χ0) is 28.9. The highest BCUT2D eigenvalue weighted by Gasteiger charge is 2.82. The lowest BCUT2D eigenvalue weighted by Gasteiger charge is -2.75. The second kappa shape index (κ2) is 6.76. The third-order valence-electron chi connectivity index (χ3n) is 11.6. The zero-order valence-electron chi connectivity index (χ0n) is 26.7. The monoisotopic (exact) mass is 486 g/mol. The summed E-state index contributed by atoms with van der Waals surface area (Å²) in [6.07, 6.45) is 5.03. The summed E-state index contributed by atoms with van der Waals surface area (Å²) in [7, 11) is -0.885. The van der Waals surface area contributed by atoms with Crippen molar-refractivity contribution in [3.63, 3.8) is 0 Å². The molecule has 0 aromatic heterocycles. The van der Waals surface area contributed by atoms with Crippen molar-refractivity contribution in [1.82, 2.24) is 4.90 Å². The molecule has 35 heavy (non-hydrogen) atoms. The summed E-state index contributed by atoms with van der Waals surface area (Å²) in [4.78, 5) is 2.18. The van der Waals surface area contributed by atoms with E-state index in [-0.39, 0.29) is 29.0 Å². The van der Waals surface area contributed by atoms with E-state index < -0.39 is 41.7 Å².